The van der Waals surface area contributed by atoms with Gasteiger partial charge in [0.2, 0.25) is 0 Å². The largest absolute Gasteiger partial charge is 0.443 e. The van der Waals surface area contributed by atoms with E-state index in [1.807, 2.05) is 0 Å². The lowest BCUT2D eigenvalue weighted by molar-refractivity contribution is 0.0583. The number of carbonyl (C=O) groups excluding carboxylic acids is 2. The second-order valence-electron chi connectivity index (χ2n) is 6.40. The Morgan fingerprint density at radius 2 is 1.73 bits per heavy atom. The summed E-state index contributed by atoms with van der Waals surface area (Å²) in [5.74, 6) is 0. The van der Waals surface area contributed by atoms with Crippen molar-refractivity contribution in [3.05, 3.63) is 30.3 Å². The fourth-order valence-electron chi connectivity index (χ4n) is 2.36. The number of likely N-dealkylation sites (tertiary alicyclic amines) is 1. The van der Waals surface area contributed by atoms with Gasteiger partial charge in [0.1, 0.15) is 5.60 Å². The van der Waals surface area contributed by atoms with Gasteiger partial charge in [0.15, 0.2) is 0 Å². The first-order valence-corrected chi connectivity index (χ1v) is 7.66. The van der Waals surface area contributed by atoms with Crippen LogP contribution in [-0.2, 0) is 4.74 Å². The number of nitrogens with zero attached hydrogens (tertiary/aromatic N) is 2. The van der Waals surface area contributed by atoms with E-state index in [-0.39, 0.29) is 6.03 Å². The molecule has 1 saturated heterocycles. The third kappa shape index (κ3) is 4.23. The van der Waals surface area contributed by atoms with E-state index in [0.717, 1.165) is 24.2 Å². The molecule has 0 spiro atoms. The third-order valence-electron chi connectivity index (χ3n) is 3.35. The molecule has 1 heterocycles. The van der Waals surface area contributed by atoms with Crippen LogP contribution in [0.5, 0.6) is 0 Å². The fourth-order valence-corrected chi connectivity index (χ4v) is 2.36. The van der Waals surface area contributed by atoms with Gasteiger partial charge in [-0.15, -0.1) is 0 Å². The molecule has 5 heteroatoms. The number of benzene rings is 1. The van der Waals surface area contributed by atoms with Crippen LogP contribution >= 0.6 is 0 Å². The van der Waals surface area contributed by atoms with Crippen molar-refractivity contribution in [2.75, 3.05) is 18.0 Å². The molecule has 1 aliphatic rings. The maximum absolute atomic E-state index is 12.8. The molecule has 5 nitrogen and oxygen atoms in total. The maximum Gasteiger partial charge on any atom is 0.423 e. The van der Waals surface area contributed by atoms with E-state index < -0.39 is 11.7 Å². The molecule has 2 rings (SSSR count). The Balaban J connectivity index is 2.25. The topological polar surface area (TPSA) is 49.9 Å². The molecule has 0 aliphatic carbocycles. The number of imide groups is 1. The van der Waals surface area contributed by atoms with Crippen LogP contribution in [0.3, 0.4) is 0 Å². The predicted octanol–water partition coefficient (Wildman–Crippen LogP) is 3.83. The summed E-state index contributed by atoms with van der Waals surface area (Å²) >= 11 is 0. The molecule has 1 radical (unpaired) electrons. The van der Waals surface area contributed by atoms with Crippen LogP contribution in [0.4, 0.5) is 15.3 Å². The highest BCUT2D eigenvalue weighted by Gasteiger charge is 2.32. The average molecular weight is 303 g/mol. The Hall–Kier alpha value is -2.04. The Kier molecular flexibility index (Phi) is 5.06. The van der Waals surface area contributed by atoms with Crippen molar-refractivity contribution in [1.29, 1.82) is 0 Å². The molecular formula is C17H23N2O3. The first kappa shape index (κ1) is 16.3. The zero-order chi connectivity index (χ0) is 16.2. The SMILES string of the molecule is CC(C)(C)OC(=O)N(C(=O)N1CCCCC1)c1cc[c]cc1. The summed E-state index contributed by atoms with van der Waals surface area (Å²) in [5.41, 5.74) is -0.151. The molecule has 119 valence electrons. The van der Waals surface area contributed by atoms with Crippen LogP contribution in [0, 0.1) is 6.07 Å². The summed E-state index contributed by atoms with van der Waals surface area (Å²) < 4.78 is 5.40. The minimum Gasteiger partial charge on any atom is -0.443 e. The summed E-state index contributed by atoms with van der Waals surface area (Å²) in [7, 11) is 0. The highest BCUT2D eigenvalue weighted by Crippen LogP contribution is 2.21. The Morgan fingerprint density at radius 3 is 2.27 bits per heavy atom. The lowest BCUT2D eigenvalue weighted by atomic mass is 10.1. The van der Waals surface area contributed by atoms with E-state index in [1.165, 1.54) is 0 Å². The lowest BCUT2D eigenvalue weighted by Crippen LogP contribution is -2.49. The van der Waals surface area contributed by atoms with Crippen molar-refractivity contribution in [1.82, 2.24) is 4.90 Å². The van der Waals surface area contributed by atoms with Crippen molar-refractivity contribution in [3.63, 3.8) is 0 Å². The number of urea groups is 1. The zero-order valence-corrected chi connectivity index (χ0v) is 13.5. The number of anilines is 1. The highest BCUT2D eigenvalue weighted by molar-refractivity contribution is 6.11. The van der Waals surface area contributed by atoms with Gasteiger partial charge in [-0.25, -0.2) is 9.59 Å². The van der Waals surface area contributed by atoms with Gasteiger partial charge >= 0.3 is 12.1 Å². The van der Waals surface area contributed by atoms with E-state index in [9.17, 15) is 9.59 Å². The second kappa shape index (κ2) is 6.81. The van der Waals surface area contributed by atoms with Gasteiger partial charge in [-0.05, 0) is 58.2 Å². The monoisotopic (exact) mass is 303 g/mol. The Morgan fingerprint density at radius 1 is 1.14 bits per heavy atom. The lowest BCUT2D eigenvalue weighted by Gasteiger charge is -2.33. The molecule has 0 atom stereocenters. The number of piperidine rings is 1. The van der Waals surface area contributed by atoms with Gasteiger partial charge in [0, 0.05) is 13.1 Å². The number of hydrogen-bond donors (Lipinski definition) is 0. The highest BCUT2D eigenvalue weighted by atomic mass is 16.6. The number of rotatable bonds is 1. The van der Waals surface area contributed by atoms with E-state index >= 15 is 0 Å². The van der Waals surface area contributed by atoms with Crippen LogP contribution < -0.4 is 4.90 Å². The number of ether oxygens (including phenoxy) is 1. The van der Waals surface area contributed by atoms with Crippen LogP contribution in [0.2, 0.25) is 0 Å². The minimum absolute atomic E-state index is 0.319. The predicted molar refractivity (Wildman–Crippen MR) is 84.8 cm³/mol. The van der Waals surface area contributed by atoms with Crippen molar-refractivity contribution >= 4 is 17.8 Å². The number of carbonyl (C=O) groups is 2. The Bertz CT molecular complexity index is 516. The van der Waals surface area contributed by atoms with Crippen LogP contribution in [-0.4, -0.2) is 35.7 Å². The summed E-state index contributed by atoms with van der Waals surface area (Å²) in [5, 5.41) is 0. The molecule has 0 N–H and O–H groups in total. The average Bonchev–Trinajstić information content (AvgIpc) is 2.47. The normalized spacial score (nSPS) is 15.3. The number of amides is 3. The van der Waals surface area contributed by atoms with Gasteiger partial charge in [-0.3, -0.25) is 0 Å². The molecule has 22 heavy (non-hydrogen) atoms. The smallest absolute Gasteiger partial charge is 0.423 e. The van der Waals surface area contributed by atoms with Crippen LogP contribution in [0.25, 0.3) is 0 Å². The molecule has 1 aromatic rings. The molecular weight excluding hydrogens is 280 g/mol. The van der Waals surface area contributed by atoms with E-state index in [1.54, 1.807) is 49.9 Å². The van der Waals surface area contributed by atoms with Crippen molar-refractivity contribution in [2.24, 2.45) is 0 Å². The fraction of sp³-hybridized carbons (Fsp3) is 0.529. The van der Waals surface area contributed by atoms with Crippen molar-refractivity contribution in [3.8, 4) is 0 Å². The summed E-state index contributed by atoms with van der Waals surface area (Å²) in [6, 6.07) is 9.30. The van der Waals surface area contributed by atoms with Gasteiger partial charge in [-0.1, -0.05) is 12.1 Å². The van der Waals surface area contributed by atoms with Gasteiger partial charge in [0.05, 0.1) is 5.69 Å². The summed E-state index contributed by atoms with van der Waals surface area (Å²) in [4.78, 5) is 28.1. The molecule has 0 unspecified atom stereocenters. The maximum atomic E-state index is 12.8. The standard InChI is InChI=1S/C17H23N2O3/c1-17(2,3)22-16(21)19(14-10-6-4-7-11-14)15(20)18-12-8-5-9-13-18/h6-7,10-11H,5,8-9,12-13H2,1-3H3. The molecule has 1 fully saturated rings. The molecule has 3 amide bonds. The summed E-state index contributed by atoms with van der Waals surface area (Å²) in [6.07, 6.45) is 2.41. The first-order chi connectivity index (χ1) is 10.4. The zero-order valence-electron chi connectivity index (χ0n) is 13.5. The quantitative estimate of drug-likeness (QED) is 0.792. The van der Waals surface area contributed by atoms with Gasteiger partial charge < -0.3 is 9.64 Å². The van der Waals surface area contributed by atoms with Crippen molar-refractivity contribution < 1.29 is 14.3 Å². The molecule has 0 aromatic heterocycles. The van der Waals surface area contributed by atoms with Crippen molar-refractivity contribution in [2.45, 2.75) is 45.6 Å². The molecule has 1 aliphatic heterocycles. The van der Waals surface area contributed by atoms with Crippen LogP contribution in [0.1, 0.15) is 40.0 Å². The van der Waals surface area contributed by atoms with Gasteiger partial charge in [0.25, 0.3) is 0 Å². The molecule has 1 aromatic carbocycles. The van der Waals surface area contributed by atoms with E-state index in [4.69, 9.17) is 4.74 Å². The van der Waals surface area contributed by atoms with Crippen LogP contribution in [0.15, 0.2) is 24.3 Å². The van der Waals surface area contributed by atoms with E-state index in [2.05, 4.69) is 6.07 Å². The minimum atomic E-state index is -0.654. The summed E-state index contributed by atoms with van der Waals surface area (Å²) in [6.45, 7) is 6.71. The third-order valence-corrected chi connectivity index (χ3v) is 3.35. The first-order valence-electron chi connectivity index (χ1n) is 7.66. The Labute approximate surface area is 131 Å². The number of hydrogen-bond acceptors (Lipinski definition) is 3. The molecule has 0 bridgehead atoms. The van der Waals surface area contributed by atoms with E-state index in [0.29, 0.717) is 18.8 Å². The second-order valence-corrected chi connectivity index (χ2v) is 6.40. The van der Waals surface area contributed by atoms with Gasteiger partial charge in [-0.2, -0.15) is 4.90 Å². The molecule has 0 saturated carbocycles.